The maximum absolute atomic E-state index is 9.01. The van der Waals surface area contributed by atoms with Crippen molar-refractivity contribution in [3.05, 3.63) is 0 Å². The Balaban J connectivity index is 2.80. The highest BCUT2D eigenvalue weighted by molar-refractivity contribution is 8.38. The smallest absolute Gasteiger partial charge is 0.151 e. The van der Waals surface area contributed by atoms with Crippen molar-refractivity contribution >= 4 is 19.5 Å². The molecule has 4 heteroatoms. The van der Waals surface area contributed by atoms with Crippen molar-refractivity contribution in [3.8, 4) is 0 Å². The van der Waals surface area contributed by atoms with Gasteiger partial charge in [-0.2, -0.15) is 4.89 Å². The van der Waals surface area contributed by atoms with Gasteiger partial charge in [-0.1, -0.05) is 0 Å². The van der Waals surface area contributed by atoms with E-state index >= 15 is 0 Å². The van der Waals surface area contributed by atoms with E-state index in [0.717, 1.165) is 0 Å². The summed E-state index contributed by atoms with van der Waals surface area (Å²) in [4.78, 5) is 7.43. The van der Waals surface area contributed by atoms with Gasteiger partial charge in [-0.05, 0) is 4.57 Å². The lowest BCUT2D eigenvalue weighted by Crippen LogP contribution is -1.21. The van der Waals surface area contributed by atoms with Gasteiger partial charge in [0.05, 0.1) is 0 Å². The van der Waals surface area contributed by atoms with Crippen LogP contribution < -0.4 is 0 Å². The minimum Gasteiger partial charge on any atom is -0.151 e. The second-order valence-electron chi connectivity index (χ2n) is 0.253. The lowest BCUT2D eigenvalue weighted by atomic mass is 15.9. The highest BCUT2D eigenvalue weighted by Gasteiger charge is 1.90. The predicted molar refractivity (Wildman–Crippen MR) is 18.8 cm³/mol. The van der Waals surface area contributed by atoms with E-state index in [1.165, 1.54) is 0 Å². The maximum Gasteiger partial charge on any atom is 0.579 e. The van der Waals surface area contributed by atoms with Crippen molar-refractivity contribution in [2.75, 3.05) is 0 Å². The topological polar surface area (TPSA) is 37.3 Å². The molecule has 4 heavy (non-hydrogen) atoms. The Morgan fingerprint density at radius 3 is 2.00 bits per heavy atom. The van der Waals surface area contributed by atoms with Crippen molar-refractivity contribution in [1.82, 2.24) is 0 Å². The Kier molecular flexibility index (Phi) is 1.88. The van der Waals surface area contributed by atoms with Crippen LogP contribution in [0.15, 0.2) is 0 Å². The van der Waals surface area contributed by atoms with Gasteiger partial charge in [-0.25, -0.2) is 0 Å². The van der Waals surface area contributed by atoms with Crippen molar-refractivity contribution in [3.63, 3.8) is 0 Å². The standard InChI is InChI=1S/HO2PS/c1-3(2)4/h(H-,1,2,4)/p+1. The molecule has 0 saturated heterocycles. The number of hydrogen-bond donors (Lipinski definition) is 2. The Morgan fingerprint density at radius 1 is 2.00 bits per heavy atom. The Bertz CT molecular complexity index is 29.0. The van der Waals surface area contributed by atoms with Crippen LogP contribution >= 0.6 is 19.5 Å². The first-order valence-electron chi connectivity index (χ1n) is 0.583. The number of thiol groups is 1. The van der Waals surface area contributed by atoms with Crippen LogP contribution in [0.5, 0.6) is 0 Å². The normalized spacial score (nSPS) is 11.0. The first kappa shape index (κ1) is 4.41. The highest BCUT2D eigenvalue weighted by atomic mass is 32.7. The van der Waals surface area contributed by atoms with E-state index in [0.29, 0.717) is 0 Å². The molecular weight excluding hydrogens is 95.0 g/mol. The lowest BCUT2D eigenvalue weighted by Gasteiger charge is -1.33. The molecule has 0 spiro atoms. The fourth-order valence-corrected chi connectivity index (χ4v) is 0. The molecule has 1 N–H and O–H groups in total. The molecule has 0 aliphatic heterocycles. The molecule has 0 fully saturated rings. The Hall–Kier alpha value is 0.410. The summed E-state index contributed by atoms with van der Waals surface area (Å²) in [5, 5.41) is 0. The molecule has 0 aliphatic carbocycles. The fourth-order valence-electron chi connectivity index (χ4n) is 0. The minimum absolute atomic E-state index is 2.18. The van der Waals surface area contributed by atoms with E-state index < -0.39 is 7.23 Å². The SMILES string of the molecule is O=[P+](O)S. The summed E-state index contributed by atoms with van der Waals surface area (Å²) in [7, 11) is -2.18. The molecule has 24 valence electrons. The Labute approximate surface area is 29.9 Å². The van der Waals surface area contributed by atoms with Crippen LogP contribution in [0.25, 0.3) is 0 Å². The molecule has 2 nitrogen and oxygen atoms in total. The summed E-state index contributed by atoms with van der Waals surface area (Å²) >= 11 is 3.03. The zero-order valence-electron chi connectivity index (χ0n) is 1.75. The lowest BCUT2D eigenvalue weighted by molar-refractivity contribution is 0.520. The summed E-state index contributed by atoms with van der Waals surface area (Å²) in [6.07, 6.45) is 0. The van der Waals surface area contributed by atoms with E-state index in [4.69, 9.17) is 9.46 Å². The average Bonchev–Trinajstić information content (AvgIpc) is 0.811. The van der Waals surface area contributed by atoms with Gasteiger partial charge in [0.25, 0.3) is 0 Å². The van der Waals surface area contributed by atoms with Gasteiger partial charge in [0, 0.05) is 0 Å². The molecule has 0 aromatic heterocycles. The van der Waals surface area contributed by atoms with Gasteiger partial charge < -0.3 is 0 Å². The molecule has 0 radical (unpaired) electrons. The number of rotatable bonds is 0. The summed E-state index contributed by atoms with van der Waals surface area (Å²) in [5.74, 6) is 0. The number of hydrogen-bond acceptors (Lipinski definition) is 1. The van der Waals surface area contributed by atoms with Crippen LogP contribution in [-0.2, 0) is 4.57 Å². The zero-order chi connectivity index (χ0) is 3.58. The molecular formula is H2O2PS+. The van der Waals surface area contributed by atoms with Gasteiger partial charge in [0.15, 0.2) is 0 Å². The summed E-state index contributed by atoms with van der Waals surface area (Å²) < 4.78 is 9.01. The zero-order valence-corrected chi connectivity index (χ0v) is 3.54. The van der Waals surface area contributed by atoms with Gasteiger partial charge >= 0.3 is 7.23 Å². The van der Waals surface area contributed by atoms with Crippen LogP contribution in [-0.4, -0.2) is 4.89 Å². The molecule has 1 unspecified atom stereocenters. The van der Waals surface area contributed by atoms with E-state index in [1.807, 2.05) is 0 Å². The molecule has 0 rings (SSSR count). The molecule has 1 atom stereocenters. The van der Waals surface area contributed by atoms with E-state index in [2.05, 4.69) is 12.2 Å². The van der Waals surface area contributed by atoms with Gasteiger partial charge in [-0.3, -0.25) is 0 Å². The van der Waals surface area contributed by atoms with Crippen LogP contribution in [0.1, 0.15) is 0 Å². The molecule has 0 saturated carbocycles. The third-order valence-corrected chi connectivity index (χ3v) is 0. The Morgan fingerprint density at radius 2 is 2.00 bits per heavy atom. The van der Waals surface area contributed by atoms with Crippen LogP contribution in [0, 0.1) is 0 Å². The van der Waals surface area contributed by atoms with E-state index in [9.17, 15) is 0 Å². The minimum atomic E-state index is -2.18. The fraction of sp³-hybridized carbons (Fsp3) is 0. The molecule has 0 amide bonds. The van der Waals surface area contributed by atoms with Crippen LogP contribution in [0.4, 0.5) is 0 Å². The van der Waals surface area contributed by atoms with Crippen molar-refractivity contribution in [2.45, 2.75) is 0 Å². The molecule has 0 aromatic rings. The quantitative estimate of drug-likeness (QED) is 0.342. The second-order valence-corrected chi connectivity index (χ2v) is 1.78. The second kappa shape index (κ2) is 1.70. The van der Waals surface area contributed by atoms with Gasteiger partial charge in [0.2, 0.25) is 0 Å². The highest BCUT2D eigenvalue weighted by Crippen LogP contribution is 2.16. The molecule has 0 aliphatic rings. The summed E-state index contributed by atoms with van der Waals surface area (Å²) in [5.41, 5.74) is 0. The van der Waals surface area contributed by atoms with Crippen LogP contribution in [0.2, 0.25) is 0 Å². The van der Waals surface area contributed by atoms with E-state index in [1.54, 1.807) is 0 Å². The van der Waals surface area contributed by atoms with Gasteiger partial charge in [-0.15, -0.1) is 0 Å². The van der Waals surface area contributed by atoms with Crippen molar-refractivity contribution < 1.29 is 9.46 Å². The first-order valence-corrected chi connectivity index (χ1v) is 2.95. The average molecular weight is 97.1 g/mol. The largest absolute Gasteiger partial charge is 0.579 e. The van der Waals surface area contributed by atoms with Crippen molar-refractivity contribution in [1.29, 1.82) is 0 Å². The molecule has 0 heterocycles. The molecule has 0 bridgehead atoms. The molecule has 0 aromatic carbocycles. The summed E-state index contributed by atoms with van der Waals surface area (Å²) in [6, 6.07) is 0. The van der Waals surface area contributed by atoms with Crippen molar-refractivity contribution in [2.24, 2.45) is 0 Å². The van der Waals surface area contributed by atoms with Crippen LogP contribution in [0.3, 0.4) is 0 Å². The van der Waals surface area contributed by atoms with E-state index in [-0.39, 0.29) is 0 Å². The first-order chi connectivity index (χ1) is 1.73. The third kappa shape index (κ3) is 28.5. The monoisotopic (exact) mass is 97.0 g/mol. The maximum atomic E-state index is 9.01. The predicted octanol–water partition coefficient (Wildman–Crippen LogP) is 0.566. The third-order valence-electron chi connectivity index (χ3n) is 0. The summed E-state index contributed by atoms with van der Waals surface area (Å²) in [6.45, 7) is 0. The van der Waals surface area contributed by atoms with Gasteiger partial charge in [0.1, 0.15) is 12.2 Å².